The van der Waals surface area contributed by atoms with Crippen LogP contribution in [0.4, 0.5) is 15.2 Å². The summed E-state index contributed by atoms with van der Waals surface area (Å²) in [7, 11) is 0. The van der Waals surface area contributed by atoms with E-state index in [0.29, 0.717) is 21.9 Å². The molecule has 2 heterocycles. The van der Waals surface area contributed by atoms with Gasteiger partial charge in [0.1, 0.15) is 12.4 Å². The minimum absolute atomic E-state index is 0.222. The van der Waals surface area contributed by atoms with E-state index < -0.39 is 0 Å². The van der Waals surface area contributed by atoms with Crippen molar-refractivity contribution >= 4 is 32.4 Å². The number of fused-ring (bicyclic) bond motifs is 1. The van der Waals surface area contributed by atoms with Gasteiger partial charge in [-0.1, -0.05) is 43.4 Å². The molecule has 0 amide bonds. The Balaban J connectivity index is 1.49. The molecule has 0 saturated heterocycles. The molecule has 29 heavy (non-hydrogen) atoms. The molecule has 5 nitrogen and oxygen atoms in total. The van der Waals surface area contributed by atoms with E-state index >= 15 is 0 Å². The fraction of sp³-hybridized carbons (Fsp3) is 0.136. The van der Waals surface area contributed by atoms with Crippen molar-refractivity contribution in [2.75, 3.05) is 5.32 Å². The van der Waals surface area contributed by atoms with Crippen LogP contribution in [0.5, 0.6) is 6.01 Å². The molecule has 1 N–H and O–H groups in total. The second kappa shape index (κ2) is 7.75. The number of nitrogens with one attached hydrogen (secondary N) is 1. The highest BCUT2D eigenvalue weighted by atomic mass is 32.1. The second-order valence-electron chi connectivity index (χ2n) is 7.28. The third-order valence-electron chi connectivity index (χ3n) is 3.95. The van der Waals surface area contributed by atoms with Crippen LogP contribution in [0.3, 0.4) is 0 Å². The predicted molar refractivity (Wildman–Crippen MR) is 114 cm³/mol. The Morgan fingerprint density at radius 1 is 1.10 bits per heavy atom. The fourth-order valence-electron chi connectivity index (χ4n) is 2.58. The van der Waals surface area contributed by atoms with Crippen LogP contribution >= 0.6 is 11.3 Å². The number of aromatic nitrogens is 3. The van der Waals surface area contributed by atoms with Gasteiger partial charge in [0.15, 0.2) is 5.13 Å². The summed E-state index contributed by atoms with van der Waals surface area (Å²) in [4.78, 5) is 12.8. The van der Waals surface area contributed by atoms with Gasteiger partial charge in [0.05, 0.1) is 15.9 Å². The number of nitrogens with zero attached hydrogens (tertiary/aromatic N) is 3. The topological polar surface area (TPSA) is 59.9 Å². The van der Waals surface area contributed by atoms with Crippen LogP contribution in [0.15, 0.2) is 54.9 Å². The average molecular weight is 406 g/mol. The Bertz CT molecular complexity index is 1100. The Kier molecular flexibility index (Phi) is 5.15. The molecule has 2 radical (unpaired) electrons. The molecular weight excluding hydrogens is 387 g/mol. The van der Waals surface area contributed by atoms with Crippen molar-refractivity contribution in [3.05, 3.63) is 74.2 Å². The third-order valence-corrected chi connectivity index (χ3v) is 4.90. The van der Waals surface area contributed by atoms with Crippen LogP contribution in [0, 0.1) is 24.8 Å². The molecule has 0 saturated carbocycles. The van der Waals surface area contributed by atoms with E-state index in [9.17, 15) is 4.39 Å². The van der Waals surface area contributed by atoms with E-state index in [1.807, 2.05) is 44.2 Å². The number of hydrogen-bond acceptors (Lipinski definition) is 6. The molecule has 0 fully saturated rings. The highest BCUT2D eigenvalue weighted by Gasteiger charge is 2.14. The Hall–Kier alpha value is -3.06. The maximum Gasteiger partial charge on any atom is 0.316 e. The molecule has 0 aliphatic heterocycles. The first-order valence-corrected chi connectivity index (χ1v) is 9.80. The number of rotatable bonds is 6. The summed E-state index contributed by atoms with van der Waals surface area (Å²) in [5, 5.41) is 3.70. The summed E-state index contributed by atoms with van der Waals surface area (Å²) in [5.41, 5.74) is 2.26. The van der Waals surface area contributed by atoms with E-state index in [4.69, 9.17) is 4.74 Å². The molecule has 146 valence electrons. The van der Waals surface area contributed by atoms with Gasteiger partial charge in [0.25, 0.3) is 0 Å². The van der Waals surface area contributed by atoms with Gasteiger partial charge in [0, 0.05) is 23.4 Å². The minimum atomic E-state index is -0.380. The zero-order valence-corrected chi connectivity index (χ0v) is 16.8. The lowest BCUT2D eigenvalue weighted by Crippen LogP contribution is -2.12. The molecule has 0 atom stereocenters. The largest absolute Gasteiger partial charge is 0.456 e. The van der Waals surface area contributed by atoms with Crippen LogP contribution in [0.1, 0.15) is 13.8 Å². The highest BCUT2D eigenvalue weighted by molar-refractivity contribution is 7.22. The minimum Gasteiger partial charge on any atom is -0.456 e. The van der Waals surface area contributed by atoms with Crippen molar-refractivity contribution in [2.24, 2.45) is 5.41 Å². The van der Waals surface area contributed by atoms with Crippen LogP contribution in [-0.2, 0) is 0 Å². The normalized spacial score (nSPS) is 11.6. The van der Waals surface area contributed by atoms with Crippen molar-refractivity contribution in [2.45, 2.75) is 13.8 Å². The molecule has 2 aromatic carbocycles. The van der Waals surface area contributed by atoms with Gasteiger partial charge in [-0.3, -0.25) is 0 Å². The lowest BCUT2D eigenvalue weighted by Gasteiger charge is -2.16. The van der Waals surface area contributed by atoms with Gasteiger partial charge >= 0.3 is 6.01 Å². The van der Waals surface area contributed by atoms with E-state index in [0.717, 1.165) is 10.2 Å². The number of halogens is 1. The quantitative estimate of drug-likeness (QED) is 0.423. The maximum absolute atomic E-state index is 14.6. The van der Waals surface area contributed by atoms with Gasteiger partial charge in [0.2, 0.25) is 0 Å². The number of anilines is 2. The van der Waals surface area contributed by atoms with E-state index in [1.54, 1.807) is 25.1 Å². The van der Waals surface area contributed by atoms with Crippen molar-refractivity contribution in [3.63, 3.8) is 0 Å². The van der Waals surface area contributed by atoms with Gasteiger partial charge in [-0.2, -0.15) is 0 Å². The molecule has 4 rings (SSSR count). The van der Waals surface area contributed by atoms with Crippen LogP contribution in [-0.4, -0.2) is 15.0 Å². The molecule has 0 bridgehead atoms. The summed E-state index contributed by atoms with van der Waals surface area (Å²) in [6.45, 7) is 9.32. The summed E-state index contributed by atoms with van der Waals surface area (Å²) >= 11 is 1.48. The SMILES string of the molecule is [CH2]C(C)(C)[CH]Oc1ncc(-c2ccc(Nc3nc4ccccc4s3)c(F)c2)cn1. The molecule has 0 aliphatic carbocycles. The summed E-state index contributed by atoms with van der Waals surface area (Å²) in [6.07, 6.45) is 3.20. The predicted octanol–water partition coefficient (Wildman–Crippen LogP) is 6.04. The molecule has 2 aromatic heterocycles. The van der Waals surface area contributed by atoms with Gasteiger partial charge < -0.3 is 10.1 Å². The number of thiazole rings is 1. The van der Waals surface area contributed by atoms with Crippen molar-refractivity contribution in [3.8, 4) is 17.1 Å². The second-order valence-corrected chi connectivity index (χ2v) is 8.32. The Labute approximate surface area is 172 Å². The van der Waals surface area contributed by atoms with E-state index in [2.05, 4.69) is 27.2 Å². The van der Waals surface area contributed by atoms with E-state index in [-0.39, 0.29) is 17.2 Å². The smallest absolute Gasteiger partial charge is 0.316 e. The monoisotopic (exact) mass is 406 g/mol. The lowest BCUT2D eigenvalue weighted by atomic mass is 9.99. The maximum atomic E-state index is 14.6. The van der Waals surface area contributed by atoms with Crippen molar-refractivity contribution in [1.82, 2.24) is 15.0 Å². The van der Waals surface area contributed by atoms with E-state index in [1.165, 1.54) is 17.4 Å². The van der Waals surface area contributed by atoms with Crippen molar-refractivity contribution < 1.29 is 9.13 Å². The van der Waals surface area contributed by atoms with Gasteiger partial charge in [-0.05, 0) is 36.8 Å². The first-order chi connectivity index (χ1) is 13.9. The van der Waals surface area contributed by atoms with Crippen molar-refractivity contribution in [1.29, 1.82) is 0 Å². The Morgan fingerprint density at radius 3 is 2.55 bits per heavy atom. The number of ether oxygens (including phenoxy) is 1. The number of hydrogen-bond donors (Lipinski definition) is 1. The first kappa shape index (κ1) is 19.3. The third kappa shape index (κ3) is 4.68. The highest BCUT2D eigenvalue weighted by Crippen LogP contribution is 2.30. The molecular formula is C22H19FN4OS. The molecule has 0 unspecified atom stereocenters. The molecule has 4 aromatic rings. The molecule has 0 spiro atoms. The fourth-order valence-corrected chi connectivity index (χ4v) is 3.45. The zero-order valence-electron chi connectivity index (χ0n) is 16.0. The van der Waals surface area contributed by atoms with Gasteiger partial charge in [-0.25, -0.2) is 19.3 Å². The number of para-hydroxylation sites is 1. The molecule has 0 aliphatic rings. The lowest BCUT2D eigenvalue weighted by molar-refractivity contribution is 0.284. The average Bonchev–Trinajstić information content (AvgIpc) is 3.10. The van der Waals surface area contributed by atoms with Crippen LogP contribution < -0.4 is 10.1 Å². The summed E-state index contributed by atoms with van der Waals surface area (Å²) in [5.74, 6) is -0.380. The summed E-state index contributed by atoms with van der Waals surface area (Å²) < 4.78 is 21.1. The Morgan fingerprint density at radius 2 is 1.86 bits per heavy atom. The zero-order chi connectivity index (χ0) is 20.4. The van der Waals surface area contributed by atoms with Gasteiger partial charge in [-0.15, -0.1) is 0 Å². The summed E-state index contributed by atoms with van der Waals surface area (Å²) in [6, 6.07) is 13.0. The first-order valence-electron chi connectivity index (χ1n) is 8.98. The number of benzene rings is 2. The molecule has 7 heteroatoms. The standard InChI is InChI=1S/C22H19FN4OS/c1-22(2,3)13-28-20-24-11-15(12-25-20)14-8-9-17(16(23)10-14)26-21-27-18-6-4-5-7-19(18)29-21/h4-13H,1H2,2-3H3,(H,26,27). The van der Waals surface area contributed by atoms with Crippen LogP contribution in [0.2, 0.25) is 0 Å². The van der Waals surface area contributed by atoms with Crippen LogP contribution in [0.25, 0.3) is 21.3 Å².